The van der Waals surface area contributed by atoms with E-state index >= 15 is 0 Å². The Hall–Kier alpha value is -0.900. The minimum absolute atomic E-state index is 0.424. The molecule has 0 aromatic heterocycles. The molecule has 0 heterocycles. The molecule has 108 valence electrons. The normalized spacial score (nSPS) is 12.8. The quantitative estimate of drug-likeness (QED) is 0.658. The third-order valence-electron chi connectivity index (χ3n) is 3.38. The Morgan fingerprint density at radius 1 is 1.21 bits per heavy atom. The number of ether oxygens (including phenoxy) is 1. The summed E-state index contributed by atoms with van der Waals surface area (Å²) in [6, 6.07) is 11.2. The fourth-order valence-corrected chi connectivity index (χ4v) is 2.29. The molecule has 19 heavy (non-hydrogen) atoms. The van der Waals surface area contributed by atoms with Gasteiger partial charge in [0, 0.05) is 26.2 Å². The number of methoxy groups -OCH3 is 1. The van der Waals surface area contributed by atoms with Crippen LogP contribution in [-0.4, -0.2) is 44.8 Å². The van der Waals surface area contributed by atoms with Gasteiger partial charge in [-0.2, -0.15) is 0 Å². The van der Waals surface area contributed by atoms with E-state index in [1.165, 1.54) is 12.0 Å². The lowest BCUT2D eigenvalue weighted by Gasteiger charge is -2.31. The second-order valence-electron chi connectivity index (χ2n) is 4.75. The van der Waals surface area contributed by atoms with Crippen molar-refractivity contribution in [3.05, 3.63) is 35.9 Å². The average Bonchev–Trinajstić information content (AvgIpc) is 2.47. The predicted molar refractivity (Wildman–Crippen MR) is 81.5 cm³/mol. The van der Waals surface area contributed by atoms with E-state index in [0.717, 1.165) is 32.8 Å². The van der Waals surface area contributed by atoms with E-state index in [4.69, 9.17) is 4.74 Å². The molecule has 0 aliphatic rings. The summed E-state index contributed by atoms with van der Waals surface area (Å²) in [6.07, 6.45) is 1.17. The summed E-state index contributed by atoms with van der Waals surface area (Å²) in [7, 11) is 1.76. The monoisotopic (exact) mass is 264 g/mol. The lowest BCUT2D eigenvalue weighted by atomic mass is 10.1. The maximum atomic E-state index is 5.22. The van der Waals surface area contributed by atoms with E-state index in [1.54, 1.807) is 7.11 Å². The Kier molecular flexibility index (Phi) is 8.47. The van der Waals surface area contributed by atoms with Crippen LogP contribution in [0.4, 0.5) is 0 Å². The SMILES string of the molecule is CCCNCC(c1ccccc1)N(CC)CCOC. The van der Waals surface area contributed by atoms with Crippen LogP contribution in [-0.2, 0) is 4.74 Å². The van der Waals surface area contributed by atoms with E-state index in [1.807, 2.05) is 0 Å². The first-order valence-corrected chi connectivity index (χ1v) is 7.32. The fourth-order valence-electron chi connectivity index (χ4n) is 2.29. The summed E-state index contributed by atoms with van der Waals surface area (Å²) in [6.45, 7) is 9.28. The number of benzene rings is 1. The van der Waals surface area contributed by atoms with E-state index < -0.39 is 0 Å². The van der Waals surface area contributed by atoms with Crippen LogP contribution >= 0.6 is 0 Å². The largest absolute Gasteiger partial charge is 0.383 e. The summed E-state index contributed by atoms with van der Waals surface area (Å²) in [5.74, 6) is 0. The second-order valence-corrected chi connectivity index (χ2v) is 4.75. The molecular formula is C16H28N2O. The van der Waals surface area contributed by atoms with Gasteiger partial charge in [-0.1, -0.05) is 44.2 Å². The smallest absolute Gasteiger partial charge is 0.0589 e. The Morgan fingerprint density at radius 3 is 2.53 bits per heavy atom. The van der Waals surface area contributed by atoms with Gasteiger partial charge in [0.15, 0.2) is 0 Å². The molecule has 1 rings (SSSR count). The highest BCUT2D eigenvalue weighted by Crippen LogP contribution is 2.19. The van der Waals surface area contributed by atoms with Crippen molar-refractivity contribution >= 4 is 0 Å². The van der Waals surface area contributed by atoms with Crippen molar-refractivity contribution < 1.29 is 4.74 Å². The number of hydrogen-bond donors (Lipinski definition) is 1. The summed E-state index contributed by atoms with van der Waals surface area (Å²) in [4.78, 5) is 2.47. The fraction of sp³-hybridized carbons (Fsp3) is 0.625. The van der Waals surface area contributed by atoms with Gasteiger partial charge in [-0.3, -0.25) is 4.90 Å². The van der Waals surface area contributed by atoms with Gasteiger partial charge in [0.2, 0.25) is 0 Å². The first kappa shape index (κ1) is 16.2. The van der Waals surface area contributed by atoms with Gasteiger partial charge in [0.1, 0.15) is 0 Å². The van der Waals surface area contributed by atoms with Gasteiger partial charge in [0.05, 0.1) is 6.61 Å². The van der Waals surface area contributed by atoms with Crippen molar-refractivity contribution in [1.29, 1.82) is 0 Å². The predicted octanol–water partition coefficient (Wildman–Crippen LogP) is 2.70. The summed E-state index contributed by atoms with van der Waals surface area (Å²) in [5, 5.41) is 3.54. The lowest BCUT2D eigenvalue weighted by Crippen LogP contribution is -2.38. The van der Waals surface area contributed by atoms with E-state index in [2.05, 4.69) is 54.4 Å². The van der Waals surface area contributed by atoms with Crippen LogP contribution in [0.15, 0.2) is 30.3 Å². The lowest BCUT2D eigenvalue weighted by molar-refractivity contribution is 0.122. The summed E-state index contributed by atoms with van der Waals surface area (Å²) in [5.41, 5.74) is 1.38. The van der Waals surface area contributed by atoms with Crippen molar-refractivity contribution in [3.63, 3.8) is 0 Å². The van der Waals surface area contributed by atoms with E-state index in [9.17, 15) is 0 Å². The van der Waals surface area contributed by atoms with Crippen LogP contribution in [0, 0.1) is 0 Å². The molecule has 1 atom stereocenters. The maximum absolute atomic E-state index is 5.22. The first-order chi connectivity index (χ1) is 9.33. The van der Waals surface area contributed by atoms with Gasteiger partial charge < -0.3 is 10.1 Å². The molecule has 0 aliphatic heterocycles. The van der Waals surface area contributed by atoms with Crippen LogP contribution in [0.25, 0.3) is 0 Å². The molecule has 3 heteroatoms. The molecule has 1 aromatic rings. The number of likely N-dealkylation sites (N-methyl/N-ethyl adjacent to an activating group) is 1. The van der Waals surface area contributed by atoms with Gasteiger partial charge in [-0.25, -0.2) is 0 Å². The molecule has 0 radical (unpaired) electrons. The molecule has 0 spiro atoms. The second kappa shape index (κ2) is 9.96. The molecular weight excluding hydrogens is 236 g/mol. The topological polar surface area (TPSA) is 24.5 Å². The first-order valence-electron chi connectivity index (χ1n) is 7.32. The highest BCUT2D eigenvalue weighted by atomic mass is 16.5. The molecule has 0 amide bonds. The van der Waals surface area contributed by atoms with Crippen LogP contribution < -0.4 is 5.32 Å². The van der Waals surface area contributed by atoms with Gasteiger partial charge in [-0.05, 0) is 25.1 Å². The molecule has 0 bridgehead atoms. The van der Waals surface area contributed by atoms with Gasteiger partial charge in [0.25, 0.3) is 0 Å². The molecule has 3 nitrogen and oxygen atoms in total. The van der Waals surface area contributed by atoms with Gasteiger partial charge >= 0.3 is 0 Å². The van der Waals surface area contributed by atoms with E-state index in [0.29, 0.717) is 6.04 Å². The molecule has 0 aliphatic carbocycles. The number of hydrogen-bond acceptors (Lipinski definition) is 3. The molecule has 0 saturated heterocycles. The van der Waals surface area contributed by atoms with Crippen LogP contribution in [0.1, 0.15) is 31.9 Å². The molecule has 1 unspecified atom stereocenters. The zero-order valence-corrected chi connectivity index (χ0v) is 12.6. The number of nitrogens with one attached hydrogen (secondary N) is 1. The average molecular weight is 264 g/mol. The van der Waals surface area contributed by atoms with Crippen LogP contribution in [0.2, 0.25) is 0 Å². The van der Waals surface area contributed by atoms with Crippen molar-refractivity contribution in [2.45, 2.75) is 26.3 Å². The third-order valence-corrected chi connectivity index (χ3v) is 3.38. The summed E-state index contributed by atoms with van der Waals surface area (Å²) < 4.78 is 5.22. The standard InChI is InChI=1S/C16H28N2O/c1-4-11-17-14-16(15-9-7-6-8-10-15)18(5-2)12-13-19-3/h6-10,16-17H,4-5,11-14H2,1-3H3. The van der Waals surface area contributed by atoms with Gasteiger partial charge in [-0.15, -0.1) is 0 Å². The number of rotatable bonds is 10. The molecule has 0 fully saturated rings. The van der Waals surface area contributed by atoms with Crippen LogP contribution in [0.3, 0.4) is 0 Å². The molecule has 1 aromatic carbocycles. The van der Waals surface area contributed by atoms with Crippen molar-refractivity contribution in [2.75, 3.05) is 39.9 Å². The highest BCUT2D eigenvalue weighted by molar-refractivity contribution is 5.19. The maximum Gasteiger partial charge on any atom is 0.0589 e. The van der Waals surface area contributed by atoms with Crippen molar-refractivity contribution in [3.8, 4) is 0 Å². The number of nitrogens with zero attached hydrogens (tertiary/aromatic N) is 1. The Balaban J connectivity index is 2.72. The minimum atomic E-state index is 0.424. The zero-order valence-electron chi connectivity index (χ0n) is 12.6. The Bertz CT molecular complexity index is 316. The molecule has 0 saturated carbocycles. The zero-order chi connectivity index (χ0) is 13.9. The Morgan fingerprint density at radius 2 is 1.95 bits per heavy atom. The third kappa shape index (κ3) is 5.72. The van der Waals surface area contributed by atoms with Crippen LogP contribution in [0.5, 0.6) is 0 Å². The van der Waals surface area contributed by atoms with E-state index in [-0.39, 0.29) is 0 Å². The van der Waals surface area contributed by atoms with Crippen molar-refractivity contribution in [1.82, 2.24) is 10.2 Å². The minimum Gasteiger partial charge on any atom is -0.383 e. The van der Waals surface area contributed by atoms with Crippen molar-refractivity contribution in [2.24, 2.45) is 0 Å². The highest BCUT2D eigenvalue weighted by Gasteiger charge is 2.18. The molecule has 1 N–H and O–H groups in total. The summed E-state index contributed by atoms with van der Waals surface area (Å²) >= 11 is 0. The Labute approximate surface area is 118 Å².